The van der Waals surface area contributed by atoms with E-state index in [1.54, 1.807) is 7.11 Å². The average Bonchev–Trinajstić information content (AvgIpc) is 2.28. The molecule has 0 saturated carbocycles. The number of methoxy groups -OCH3 is 1. The highest BCUT2D eigenvalue weighted by molar-refractivity contribution is 5.50. The van der Waals surface area contributed by atoms with Gasteiger partial charge in [-0.05, 0) is 24.1 Å². The van der Waals surface area contributed by atoms with Gasteiger partial charge in [0.05, 0.1) is 12.6 Å². The van der Waals surface area contributed by atoms with E-state index >= 15 is 0 Å². The average molecular weight is 217 g/mol. The number of benzene rings is 1. The highest BCUT2D eigenvalue weighted by Gasteiger charge is 2.12. The van der Waals surface area contributed by atoms with Crippen molar-refractivity contribution >= 4 is 5.69 Å². The maximum Gasteiger partial charge on any atom is 0.0666 e. The third kappa shape index (κ3) is 3.60. The summed E-state index contributed by atoms with van der Waals surface area (Å²) in [5.74, 6) is 3.14. The van der Waals surface area contributed by atoms with Crippen molar-refractivity contribution in [1.82, 2.24) is 0 Å². The number of hydrogen-bond acceptors (Lipinski definition) is 2. The van der Waals surface area contributed by atoms with Crippen LogP contribution < -0.4 is 5.32 Å². The lowest BCUT2D eigenvalue weighted by Gasteiger charge is -2.22. The minimum absolute atomic E-state index is 0.304. The van der Waals surface area contributed by atoms with Gasteiger partial charge in [0.1, 0.15) is 0 Å². The largest absolute Gasteiger partial charge is 0.383 e. The molecule has 0 radical (unpaired) electrons. The molecule has 0 amide bonds. The van der Waals surface area contributed by atoms with Crippen molar-refractivity contribution in [2.75, 3.05) is 19.0 Å². The molecule has 0 aliphatic rings. The molecule has 1 N–H and O–H groups in total. The highest BCUT2D eigenvalue weighted by atomic mass is 16.5. The Morgan fingerprint density at radius 3 is 2.75 bits per heavy atom. The lowest BCUT2D eigenvalue weighted by molar-refractivity contribution is 0.171. The fourth-order valence-corrected chi connectivity index (χ4v) is 1.49. The number of terminal acetylenes is 1. The fraction of sp³-hybridized carbons (Fsp3) is 0.429. The van der Waals surface area contributed by atoms with E-state index in [9.17, 15) is 0 Å². The van der Waals surface area contributed by atoms with Gasteiger partial charge in [0.2, 0.25) is 0 Å². The zero-order valence-electron chi connectivity index (χ0n) is 10.2. The monoisotopic (exact) mass is 217 g/mol. The Hall–Kier alpha value is -1.46. The van der Waals surface area contributed by atoms with Gasteiger partial charge in [-0.25, -0.2) is 0 Å². The molecule has 0 aliphatic carbocycles. The zero-order chi connectivity index (χ0) is 12.0. The number of hydrogen-bond donors (Lipinski definition) is 1. The standard InChI is InChI=1S/C14H19NO/c1-5-12-7-6-8-13(9-12)15-14(10-16-4)11(2)3/h1,6-9,11,14-15H,10H2,2-4H3. The van der Waals surface area contributed by atoms with Gasteiger partial charge >= 0.3 is 0 Å². The molecule has 1 atom stereocenters. The summed E-state index contributed by atoms with van der Waals surface area (Å²) in [6, 6.07) is 8.18. The van der Waals surface area contributed by atoms with E-state index < -0.39 is 0 Å². The van der Waals surface area contributed by atoms with Crippen LogP contribution in [0.4, 0.5) is 5.69 Å². The maximum atomic E-state index is 5.37. The van der Waals surface area contributed by atoms with Crippen LogP contribution >= 0.6 is 0 Å². The number of rotatable bonds is 5. The molecule has 0 saturated heterocycles. The minimum Gasteiger partial charge on any atom is -0.383 e. The van der Waals surface area contributed by atoms with Crippen molar-refractivity contribution in [2.24, 2.45) is 5.92 Å². The van der Waals surface area contributed by atoms with E-state index in [4.69, 9.17) is 11.2 Å². The Morgan fingerprint density at radius 1 is 1.44 bits per heavy atom. The molecule has 0 aliphatic heterocycles. The summed E-state index contributed by atoms with van der Waals surface area (Å²) in [7, 11) is 1.72. The Bertz CT molecular complexity index is 365. The minimum atomic E-state index is 0.304. The van der Waals surface area contributed by atoms with Crippen LogP contribution in [0.15, 0.2) is 24.3 Å². The Morgan fingerprint density at radius 2 is 2.19 bits per heavy atom. The molecule has 0 heterocycles. The van der Waals surface area contributed by atoms with E-state index in [0.717, 1.165) is 11.3 Å². The molecule has 0 fully saturated rings. The predicted molar refractivity (Wildman–Crippen MR) is 68.5 cm³/mol. The Kier molecular flexibility index (Phi) is 4.88. The first-order valence-electron chi connectivity index (χ1n) is 5.49. The predicted octanol–water partition coefficient (Wildman–Crippen LogP) is 2.75. The van der Waals surface area contributed by atoms with Gasteiger partial charge < -0.3 is 10.1 Å². The van der Waals surface area contributed by atoms with Gasteiger partial charge in [-0.2, -0.15) is 0 Å². The molecule has 2 nitrogen and oxygen atoms in total. The van der Waals surface area contributed by atoms with Gasteiger partial charge in [-0.15, -0.1) is 6.42 Å². The molecule has 1 aromatic rings. The summed E-state index contributed by atoms with van der Waals surface area (Å²) < 4.78 is 5.19. The maximum absolute atomic E-state index is 5.37. The van der Waals surface area contributed by atoms with Gasteiger partial charge in [-0.1, -0.05) is 25.8 Å². The normalized spacial score (nSPS) is 12.2. The van der Waals surface area contributed by atoms with E-state index in [1.807, 2.05) is 24.3 Å². The summed E-state index contributed by atoms with van der Waals surface area (Å²) in [5, 5.41) is 3.43. The van der Waals surface area contributed by atoms with Crippen LogP contribution in [0, 0.1) is 18.3 Å². The molecule has 1 aromatic carbocycles. The zero-order valence-corrected chi connectivity index (χ0v) is 10.2. The van der Waals surface area contributed by atoms with Crippen molar-refractivity contribution in [3.63, 3.8) is 0 Å². The summed E-state index contributed by atoms with van der Waals surface area (Å²) in [6.45, 7) is 5.03. The molecular weight excluding hydrogens is 198 g/mol. The van der Waals surface area contributed by atoms with Gasteiger partial charge in [0.25, 0.3) is 0 Å². The first-order chi connectivity index (χ1) is 7.67. The van der Waals surface area contributed by atoms with E-state index in [1.165, 1.54) is 0 Å². The summed E-state index contributed by atoms with van der Waals surface area (Å²) in [4.78, 5) is 0. The molecule has 0 aromatic heterocycles. The van der Waals surface area contributed by atoms with E-state index in [2.05, 4.69) is 25.1 Å². The lowest BCUT2D eigenvalue weighted by atomic mass is 10.0. The van der Waals surface area contributed by atoms with Crippen molar-refractivity contribution < 1.29 is 4.74 Å². The molecule has 0 spiro atoms. The fourth-order valence-electron chi connectivity index (χ4n) is 1.49. The van der Waals surface area contributed by atoms with Crippen LogP contribution in [0.1, 0.15) is 19.4 Å². The lowest BCUT2D eigenvalue weighted by Crippen LogP contribution is -2.30. The van der Waals surface area contributed by atoms with Crippen LogP contribution in [0.5, 0.6) is 0 Å². The molecule has 2 heteroatoms. The van der Waals surface area contributed by atoms with Crippen molar-refractivity contribution in [1.29, 1.82) is 0 Å². The summed E-state index contributed by atoms with van der Waals surface area (Å²) >= 11 is 0. The third-order valence-electron chi connectivity index (χ3n) is 2.53. The van der Waals surface area contributed by atoms with Crippen LogP contribution in [-0.2, 0) is 4.74 Å². The van der Waals surface area contributed by atoms with Crippen LogP contribution in [0.3, 0.4) is 0 Å². The highest BCUT2D eigenvalue weighted by Crippen LogP contribution is 2.14. The second-order valence-electron chi connectivity index (χ2n) is 4.18. The molecular formula is C14H19NO. The van der Waals surface area contributed by atoms with Gasteiger partial charge in [0, 0.05) is 18.4 Å². The first kappa shape index (κ1) is 12.6. The van der Waals surface area contributed by atoms with Gasteiger partial charge in [-0.3, -0.25) is 0 Å². The molecule has 0 bridgehead atoms. The van der Waals surface area contributed by atoms with Crippen LogP contribution in [-0.4, -0.2) is 19.8 Å². The quantitative estimate of drug-likeness (QED) is 0.766. The molecule has 86 valence electrons. The third-order valence-corrected chi connectivity index (χ3v) is 2.53. The van der Waals surface area contributed by atoms with Crippen molar-refractivity contribution in [3.05, 3.63) is 29.8 Å². The number of anilines is 1. The van der Waals surface area contributed by atoms with Crippen molar-refractivity contribution in [2.45, 2.75) is 19.9 Å². The first-order valence-corrected chi connectivity index (χ1v) is 5.49. The molecule has 16 heavy (non-hydrogen) atoms. The summed E-state index contributed by atoms with van der Waals surface area (Å²) in [6.07, 6.45) is 5.37. The Balaban J connectivity index is 2.73. The topological polar surface area (TPSA) is 21.3 Å². The van der Waals surface area contributed by atoms with Crippen LogP contribution in [0.25, 0.3) is 0 Å². The second-order valence-corrected chi connectivity index (χ2v) is 4.18. The molecule has 1 unspecified atom stereocenters. The number of ether oxygens (including phenoxy) is 1. The number of nitrogens with one attached hydrogen (secondary N) is 1. The van der Waals surface area contributed by atoms with E-state index in [-0.39, 0.29) is 0 Å². The Labute approximate surface area is 98.0 Å². The van der Waals surface area contributed by atoms with E-state index in [0.29, 0.717) is 18.6 Å². The van der Waals surface area contributed by atoms with Crippen molar-refractivity contribution in [3.8, 4) is 12.3 Å². The summed E-state index contributed by atoms with van der Waals surface area (Å²) in [5.41, 5.74) is 1.94. The smallest absolute Gasteiger partial charge is 0.0666 e. The SMILES string of the molecule is C#Cc1cccc(NC(COC)C(C)C)c1. The van der Waals surface area contributed by atoms with Crippen LogP contribution in [0.2, 0.25) is 0 Å². The second kappa shape index (κ2) is 6.19. The molecule has 1 rings (SSSR count). The van der Waals surface area contributed by atoms with Gasteiger partial charge in [0.15, 0.2) is 0 Å².